The fourth-order valence-electron chi connectivity index (χ4n) is 2.55. The zero-order valence-electron chi connectivity index (χ0n) is 14.7. The number of fused-ring (bicyclic) bond motifs is 1. The van der Waals surface area contributed by atoms with Gasteiger partial charge in [0, 0.05) is 12.1 Å². The van der Waals surface area contributed by atoms with Crippen LogP contribution in [0.5, 0.6) is 0 Å². The van der Waals surface area contributed by atoms with Gasteiger partial charge in [-0.15, -0.1) is 0 Å². The van der Waals surface area contributed by atoms with E-state index >= 15 is 0 Å². The summed E-state index contributed by atoms with van der Waals surface area (Å²) in [5.74, 6) is 0.900. The molecule has 0 aliphatic carbocycles. The zero-order chi connectivity index (χ0) is 19.1. The normalized spacial score (nSPS) is 14.9. The molecule has 1 aromatic heterocycles. The van der Waals surface area contributed by atoms with Crippen LogP contribution in [0.1, 0.15) is 32.2 Å². The van der Waals surface area contributed by atoms with Crippen molar-refractivity contribution in [2.45, 2.75) is 45.6 Å². The fourth-order valence-corrected chi connectivity index (χ4v) is 2.55. The Balaban J connectivity index is 1.76. The first-order valence-corrected chi connectivity index (χ1v) is 8.12. The number of ether oxygens (including phenoxy) is 1. The Morgan fingerprint density at radius 2 is 1.77 bits per heavy atom. The predicted molar refractivity (Wildman–Crippen MR) is 87.1 cm³/mol. The molecule has 0 unspecified atom stereocenters. The summed E-state index contributed by atoms with van der Waals surface area (Å²) in [5, 5.41) is 4.33. The van der Waals surface area contributed by atoms with E-state index in [2.05, 4.69) is 10.1 Å². The fraction of sp³-hybridized carbons (Fsp3) is 0.471. The van der Waals surface area contributed by atoms with Crippen molar-refractivity contribution in [1.82, 2.24) is 19.7 Å². The summed E-state index contributed by atoms with van der Waals surface area (Å²) in [6.07, 6.45) is -4.81. The Bertz CT molecular complexity index is 807. The molecule has 3 rings (SSSR count). The van der Waals surface area contributed by atoms with Crippen LogP contribution >= 0.6 is 0 Å². The Kier molecular flexibility index (Phi) is 4.41. The monoisotopic (exact) mass is 368 g/mol. The molecule has 0 fully saturated rings. The van der Waals surface area contributed by atoms with Crippen LogP contribution in [0.2, 0.25) is 0 Å². The van der Waals surface area contributed by atoms with Gasteiger partial charge < -0.3 is 4.74 Å². The summed E-state index contributed by atoms with van der Waals surface area (Å²) in [5.41, 5.74) is -0.821. The number of halogens is 3. The molecule has 0 spiro atoms. The summed E-state index contributed by atoms with van der Waals surface area (Å²) in [7, 11) is 0. The average Bonchev–Trinajstić information content (AvgIpc) is 2.95. The zero-order valence-corrected chi connectivity index (χ0v) is 14.7. The molecule has 0 N–H and O–H groups in total. The van der Waals surface area contributed by atoms with Crippen molar-refractivity contribution in [2.75, 3.05) is 6.54 Å². The molecule has 1 amide bonds. The van der Waals surface area contributed by atoms with Crippen LogP contribution in [-0.4, -0.2) is 37.9 Å². The van der Waals surface area contributed by atoms with Crippen LogP contribution in [0.25, 0.3) is 11.4 Å². The Labute approximate surface area is 148 Å². The van der Waals surface area contributed by atoms with E-state index in [1.807, 2.05) is 0 Å². The van der Waals surface area contributed by atoms with Crippen molar-refractivity contribution < 1.29 is 22.7 Å². The first-order chi connectivity index (χ1) is 12.0. The van der Waals surface area contributed by atoms with Crippen LogP contribution in [0.3, 0.4) is 0 Å². The third-order valence-electron chi connectivity index (χ3n) is 3.78. The summed E-state index contributed by atoms with van der Waals surface area (Å²) < 4.78 is 45.0. The first-order valence-electron chi connectivity index (χ1n) is 8.12. The minimum Gasteiger partial charge on any atom is -0.444 e. The summed E-state index contributed by atoms with van der Waals surface area (Å²) in [4.78, 5) is 18.1. The lowest BCUT2D eigenvalue weighted by Crippen LogP contribution is -2.41. The van der Waals surface area contributed by atoms with Gasteiger partial charge in [0.1, 0.15) is 11.4 Å². The molecule has 0 radical (unpaired) electrons. The standard InChI is InChI=1S/C17H19F3N4O2/c1-16(2,3)26-15(25)23-8-9-24-13(10-23)21-14(22-24)11-4-6-12(7-5-11)17(18,19)20/h4-7H,8-10H2,1-3H3. The molecule has 1 aliphatic rings. The number of aromatic nitrogens is 3. The van der Waals surface area contributed by atoms with Crippen molar-refractivity contribution >= 4 is 6.09 Å². The lowest BCUT2D eigenvalue weighted by atomic mass is 10.1. The van der Waals surface area contributed by atoms with Gasteiger partial charge in [-0.3, -0.25) is 4.90 Å². The van der Waals surface area contributed by atoms with Gasteiger partial charge in [0.2, 0.25) is 0 Å². The molecular formula is C17H19F3N4O2. The second-order valence-electron chi connectivity index (χ2n) is 7.05. The smallest absolute Gasteiger partial charge is 0.416 e. The van der Waals surface area contributed by atoms with Crippen molar-refractivity contribution in [3.8, 4) is 11.4 Å². The van der Waals surface area contributed by atoms with Crippen LogP contribution in [-0.2, 0) is 24.0 Å². The molecule has 0 saturated carbocycles. The van der Waals surface area contributed by atoms with E-state index in [1.54, 1.807) is 25.5 Å². The van der Waals surface area contributed by atoms with Gasteiger partial charge in [0.15, 0.2) is 5.82 Å². The van der Waals surface area contributed by atoms with Gasteiger partial charge in [-0.25, -0.2) is 14.5 Å². The molecule has 2 aromatic rings. The number of amides is 1. The molecule has 140 valence electrons. The van der Waals surface area contributed by atoms with E-state index in [9.17, 15) is 18.0 Å². The molecule has 6 nitrogen and oxygen atoms in total. The van der Waals surface area contributed by atoms with E-state index in [1.165, 1.54) is 17.0 Å². The number of carbonyl (C=O) groups is 1. The molecule has 0 saturated heterocycles. The third-order valence-corrected chi connectivity index (χ3v) is 3.78. The van der Waals surface area contributed by atoms with Crippen LogP contribution in [0.15, 0.2) is 24.3 Å². The number of nitrogens with zero attached hydrogens (tertiary/aromatic N) is 4. The highest BCUT2D eigenvalue weighted by Crippen LogP contribution is 2.30. The molecule has 1 aromatic carbocycles. The minimum atomic E-state index is -4.38. The summed E-state index contributed by atoms with van der Waals surface area (Å²) in [6, 6.07) is 4.69. The van der Waals surface area contributed by atoms with Crippen molar-refractivity contribution in [1.29, 1.82) is 0 Å². The van der Waals surface area contributed by atoms with Gasteiger partial charge in [-0.1, -0.05) is 12.1 Å². The molecule has 1 aliphatic heterocycles. The van der Waals surface area contributed by atoms with E-state index in [-0.39, 0.29) is 6.54 Å². The van der Waals surface area contributed by atoms with Crippen molar-refractivity contribution in [3.05, 3.63) is 35.7 Å². The predicted octanol–water partition coefficient (Wildman–Crippen LogP) is 3.71. The number of hydrogen-bond acceptors (Lipinski definition) is 4. The van der Waals surface area contributed by atoms with Crippen LogP contribution in [0, 0.1) is 0 Å². The minimum absolute atomic E-state index is 0.239. The Hall–Kier alpha value is -2.58. The highest BCUT2D eigenvalue weighted by atomic mass is 19.4. The number of benzene rings is 1. The summed E-state index contributed by atoms with van der Waals surface area (Å²) >= 11 is 0. The third kappa shape index (κ3) is 3.97. The molecule has 0 bridgehead atoms. The number of rotatable bonds is 1. The topological polar surface area (TPSA) is 60.2 Å². The molecular weight excluding hydrogens is 349 g/mol. The van der Waals surface area contributed by atoms with E-state index in [0.29, 0.717) is 30.3 Å². The number of alkyl halides is 3. The Morgan fingerprint density at radius 3 is 2.35 bits per heavy atom. The van der Waals surface area contributed by atoms with E-state index < -0.39 is 23.4 Å². The second-order valence-corrected chi connectivity index (χ2v) is 7.05. The lowest BCUT2D eigenvalue weighted by Gasteiger charge is -2.29. The molecule has 0 atom stereocenters. The van der Waals surface area contributed by atoms with E-state index in [0.717, 1.165) is 12.1 Å². The van der Waals surface area contributed by atoms with Gasteiger partial charge >= 0.3 is 12.3 Å². The molecule has 9 heteroatoms. The largest absolute Gasteiger partial charge is 0.444 e. The lowest BCUT2D eigenvalue weighted by molar-refractivity contribution is -0.137. The van der Waals surface area contributed by atoms with Gasteiger partial charge in [0.05, 0.1) is 18.7 Å². The van der Waals surface area contributed by atoms with Crippen LogP contribution < -0.4 is 0 Å². The van der Waals surface area contributed by atoms with Gasteiger partial charge in [0.25, 0.3) is 0 Å². The average molecular weight is 368 g/mol. The quantitative estimate of drug-likeness (QED) is 0.770. The second kappa shape index (κ2) is 6.30. The maximum atomic E-state index is 12.7. The SMILES string of the molecule is CC(C)(C)OC(=O)N1CCn2nc(-c3ccc(C(F)(F)F)cc3)nc2C1. The highest BCUT2D eigenvalue weighted by Gasteiger charge is 2.31. The van der Waals surface area contributed by atoms with E-state index in [4.69, 9.17) is 4.74 Å². The maximum absolute atomic E-state index is 12.7. The Morgan fingerprint density at radius 1 is 1.12 bits per heavy atom. The van der Waals surface area contributed by atoms with Crippen LogP contribution in [0.4, 0.5) is 18.0 Å². The van der Waals surface area contributed by atoms with Gasteiger partial charge in [-0.05, 0) is 32.9 Å². The summed E-state index contributed by atoms with van der Waals surface area (Å²) in [6.45, 7) is 6.49. The first kappa shape index (κ1) is 18.2. The van der Waals surface area contributed by atoms with Crippen molar-refractivity contribution in [3.63, 3.8) is 0 Å². The highest BCUT2D eigenvalue weighted by molar-refractivity contribution is 5.68. The maximum Gasteiger partial charge on any atom is 0.416 e. The number of carbonyl (C=O) groups excluding carboxylic acids is 1. The molecule has 26 heavy (non-hydrogen) atoms. The van der Waals surface area contributed by atoms with Crippen molar-refractivity contribution in [2.24, 2.45) is 0 Å². The molecule has 2 heterocycles. The number of hydrogen-bond donors (Lipinski definition) is 0. The van der Waals surface area contributed by atoms with Gasteiger partial charge in [-0.2, -0.15) is 18.3 Å².